The van der Waals surface area contributed by atoms with E-state index in [1.165, 1.54) is 12.1 Å². The van der Waals surface area contributed by atoms with Crippen LogP contribution in [-0.2, 0) is 11.2 Å². The molecule has 116 valence electrons. The summed E-state index contributed by atoms with van der Waals surface area (Å²) in [6.45, 7) is 4.37. The molecule has 22 heavy (non-hydrogen) atoms. The highest BCUT2D eigenvalue weighted by atomic mass is 19.1. The third-order valence-electron chi connectivity index (χ3n) is 4.32. The van der Waals surface area contributed by atoms with Gasteiger partial charge in [0.05, 0.1) is 18.2 Å². The summed E-state index contributed by atoms with van der Waals surface area (Å²) in [5.41, 5.74) is 2.48. The van der Waals surface area contributed by atoms with Crippen LogP contribution in [0.1, 0.15) is 41.5 Å². The quantitative estimate of drug-likeness (QED) is 0.873. The first-order chi connectivity index (χ1) is 10.6. The number of nitrogens with zero attached hydrogens (tertiary/aromatic N) is 2. The maximum absolute atomic E-state index is 13.4. The van der Waals surface area contributed by atoms with Crippen LogP contribution >= 0.6 is 0 Å². The van der Waals surface area contributed by atoms with Crippen molar-refractivity contribution in [3.8, 4) is 0 Å². The molecule has 1 saturated heterocycles. The zero-order valence-electron chi connectivity index (χ0n) is 12.8. The van der Waals surface area contributed by atoms with E-state index in [1.54, 1.807) is 6.07 Å². The fourth-order valence-corrected chi connectivity index (χ4v) is 3.13. The van der Waals surface area contributed by atoms with Crippen molar-refractivity contribution in [3.05, 3.63) is 52.7 Å². The van der Waals surface area contributed by atoms with Crippen LogP contribution in [0.15, 0.2) is 28.8 Å². The van der Waals surface area contributed by atoms with Gasteiger partial charge in [0.1, 0.15) is 11.6 Å². The van der Waals surface area contributed by atoms with Crippen LogP contribution in [0.2, 0.25) is 0 Å². The minimum atomic E-state index is -0.262. The van der Waals surface area contributed by atoms with E-state index in [9.17, 15) is 9.18 Å². The number of hydrogen-bond donors (Lipinski definition) is 0. The molecule has 1 fully saturated rings. The van der Waals surface area contributed by atoms with E-state index in [0.717, 1.165) is 29.7 Å². The van der Waals surface area contributed by atoms with E-state index in [1.807, 2.05) is 24.8 Å². The van der Waals surface area contributed by atoms with Crippen LogP contribution in [0.25, 0.3) is 0 Å². The van der Waals surface area contributed by atoms with Gasteiger partial charge in [0.15, 0.2) is 0 Å². The van der Waals surface area contributed by atoms with Crippen LogP contribution in [0.4, 0.5) is 4.39 Å². The molecule has 1 aromatic carbocycles. The summed E-state index contributed by atoms with van der Waals surface area (Å²) in [4.78, 5) is 14.5. The Balaban J connectivity index is 1.80. The lowest BCUT2D eigenvalue weighted by atomic mass is 10.0. The second-order valence-electron chi connectivity index (χ2n) is 5.78. The molecule has 0 radical (unpaired) electrons. The van der Waals surface area contributed by atoms with E-state index in [0.29, 0.717) is 12.3 Å². The standard InChI is InChI=1S/C17H19FN2O2/c1-11-15(12(2)22-19-11)10-17(21)20-8-4-7-16(20)13-5-3-6-14(18)9-13/h3,5-6,9,16H,4,7-8,10H2,1-2H3/t16-/m0/s1. The first-order valence-corrected chi connectivity index (χ1v) is 7.53. The lowest BCUT2D eigenvalue weighted by Gasteiger charge is -2.25. The highest BCUT2D eigenvalue weighted by molar-refractivity contribution is 5.80. The molecule has 1 amide bonds. The molecule has 0 unspecified atom stereocenters. The summed E-state index contributed by atoms with van der Waals surface area (Å²) in [6.07, 6.45) is 2.10. The fourth-order valence-electron chi connectivity index (χ4n) is 3.13. The van der Waals surface area contributed by atoms with Crippen molar-refractivity contribution in [3.63, 3.8) is 0 Å². The third-order valence-corrected chi connectivity index (χ3v) is 4.32. The maximum Gasteiger partial charge on any atom is 0.227 e. The van der Waals surface area contributed by atoms with E-state index in [2.05, 4.69) is 5.16 Å². The van der Waals surface area contributed by atoms with Gasteiger partial charge in [0, 0.05) is 12.1 Å². The molecule has 2 heterocycles. The molecule has 4 nitrogen and oxygen atoms in total. The normalized spacial score (nSPS) is 18.0. The summed E-state index contributed by atoms with van der Waals surface area (Å²) >= 11 is 0. The van der Waals surface area contributed by atoms with Gasteiger partial charge < -0.3 is 9.42 Å². The number of carbonyl (C=O) groups is 1. The topological polar surface area (TPSA) is 46.3 Å². The molecule has 2 aromatic rings. The van der Waals surface area contributed by atoms with Gasteiger partial charge in [-0.25, -0.2) is 4.39 Å². The Labute approximate surface area is 128 Å². The Morgan fingerprint density at radius 2 is 2.27 bits per heavy atom. The monoisotopic (exact) mass is 302 g/mol. The summed E-state index contributed by atoms with van der Waals surface area (Å²) in [7, 11) is 0. The molecule has 0 aliphatic carbocycles. The first kappa shape index (κ1) is 14.8. The van der Waals surface area contributed by atoms with Gasteiger partial charge in [-0.2, -0.15) is 0 Å². The molecule has 1 aromatic heterocycles. The van der Waals surface area contributed by atoms with Crippen molar-refractivity contribution in [2.75, 3.05) is 6.54 Å². The van der Waals surface area contributed by atoms with Crippen LogP contribution in [-0.4, -0.2) is 22.5 Å². The van der Waals surface area contributed by atoms with E-state index < -0.39 is 0 Å². The van der Waals surface area contributed by atoms with Crippen molar-refractivity contribution in [1.29, 1.82) is 0 Å². The van der Waals surface area contributed by atoms with Gasteiger partial charge in [0.2, 0.25) is 5.91 Å². The zero-order chi connectivity index (χ0) is 15.7. The molecule has 0 saturated carbocycles. The van der Waals surface area contributed by atoms with Crippen LogP contribution in [0, 0.1) is 19.7 Å². The maximum atomic E-state index is 13.4. The van der Waals surface area contributed by atoms with E-state index >= 15 is 0 Å². The van der Waals surface area contributed by atoms with Crippen molar-refractivity contribution in [2.24, 2.45) is 0 Å². The average Bonchev–Trinajstić information content (AvgIpc) is 3.09. The molecular formula is C17H19FN2O2. The van der Waals surface area contributed by atoms with Gasteiger partial charge in [-0.05, 0) is 44.4 Å². The molecular weight excluding hydrogens is 283 g/mol. The van der Waals surface area contributed by atoms with Crippen molar-refractivity contribution in [1.82, 2.24) is 10.1 Å². The number of benzene rings is 1. The molecule has 1 atom stereocenters. The van der Waals surface area contributed by atoms with Crippen LogP contribution in [0.5, 0.6) is 0 Å². The highest BCUT2D eigenvalue weighted by Crippen LogP contribution is 2.33. The Kier molecular flexibility index (Phi) is 3.96. The highest BCUT2D eigenvalue weighted by Gasteiger charge is 2.30. The SMILES string of the molecule is Cc1noc(C)c1CC(=O)N1CCC[C@H]1c1cccc(F)c1. The number of rotatable bonds is 3. The van der Waals surface area contributed by atoms with Crippen molar-refractivity contribution < 1.29 is 13.7 Å². The fraction of sp³-hybridized carbons (Fsp3) is 0.412. The zero-order valence-corrected chi connectivity index (χ0v) is 12.8. The lowest BCUT2D eigenvalue weighted by Crippen LogP contribution is -2.32. The van der Waals surface area contributed by atoms with Gasteiger partial charge in [-0.3, -0.25) is 4.79 Å². The third kappa shape index (κ3) is 2.75. The minimum Gasteiger partial charge on any atom is -0.361 e. The predicted molar refractivity (Wildman–Crippen MR) is 79.8 cm³/mol. The van der Waals surface area contributed by atoms with Crippen molar-refractivity contribution >= 4 is 5.91 Å². The Bertz CT molecular complexity index is 676. The summed E-state index contributed by atoms with van der Waals surface area (Å²) in [5, 5.41) is 3.89. The summed E-state index contributed by atoms with van der Waals surface area (Å²) in [6, 6.07) is 6.49. The van der Waals surface area contributed by atoms with E-state index in [4.69, 9.17) is 4.52 Å². The number of amides is 1. The Hall–Kier alpha value is -2.17. The number of likely N-dealkylation sites (tertiary alicyclic amines) is 1. The number of aryl methyl sites for hydroxylation is 2. The van der Waals surface area contributed by atoms with Gasteiger partial charge in [-0.1, -0.05) is 17.3 Å². The van der Waals surface area contributed by atoms with Gasteiger partial charge in [0.25, 0.3) is 0 Å². The minimum absolute atomic E-state index is 0.0383. The number of hydrogen-bond acceptors (Lipinski definition) is 3. The predicted octanol–water partition coefficient (Wildman–Crippen LogP) is 3.34. The van der Waals surface area contributed by atoms with Crippen molar-refractivity contribution in [2.45, 2.75) is 39.2 Å². The molecule has 5 heteroatoms. The summed E-state index contributed by atoms with van der Waals surface area (Å²) < 4.78 is 18.6. The molecule has 1 aliphatic heterocycles. The van der Waals surface area contributed by atoms with Gasteiger partial charge >= 0.3 is 0 Å². The number of halogens is 1. The lowest BCUT2D eigenvalue weighted by molar-refractivity contribution is -0.131. The smallest absolute Gasteiger partial charge is 0.227 e. The molecule has 0 bridgehead atoms. The second kappa shape index (κ2) is 5.91. The Morgan fingerprint density at radius 1 is 1.45 bits per heavy atom. The van der Waals surface area contributed by atoms with Crippen LogP contribution < -0.4 is 0 Å². The molecule has 3 rings (SSSR count). The number of aromatic nitrogens is 1. The molecule has 0 spiro atoms. The van der Waals surface area contributed by atoms with Gasteiger partial charge in [-0.15, -0.1) is 0 Å². The van der Waals surface area contributed by atoms with E-state index in [-0.39, 0.29) is 24.2 Å². The molecule has 1 aliphatic rings. The average molecular weight is 302 g/mol. The van der Waals surface area contributed by atoms with Crippen LogP contribution in [0.3, 0.4) is 0 Å². The first-order valence-electron chi connectivity index (χ1n) is 7.53. The number of carbonyl (C=O) groups excluding carboxylic acids is 1. The second-order valence-corrected chi connectivity index (χ2v) is 5.78. The molecule has 0 N–H and O–H groups in total. The Morgan fingerprint density at radius 3 is 2.95 bits per heavy atom. The summed E-state index contributed by atoms with van der Waals surface area (Å²) in [5.74, 6) is 0.469. The largest absolute Gasteiger partial charge is 0.361 e.